The summed E-state index contributed by atoms with van der Waals surface area (Å²) in [7, 11) is 1.14. The van der Waals surface area contributed by atoms with Crippen LogP contribution in [0, 0.1) is 16.7 Å². The molecule has 0 saturated heterocycles. The predicted octanol–water partition coefficient (Wildman–Crippen LogP) is 2.01. The molecule has 112 valence electrons. The first-order chi connectivity index (χ1) is 9.31. The molecule has 4 atom stereocenters. The number of methoxy groups -OCH3 is 1. The number of carbonyl (C=O) groups is 2. The zero-order valence-electron chi connectivity index (χ0n) is 11.1. The van der Waals surface area contributed by atoms with Crippen molar-refractivity contribution >= 4 is 12.1 Å². The van der Waals surface area contributed by atoms with E-state index < -0.39 is 40.8 Å². The Labute approximate surface area is 114 Å². The average Bonchev–Trinajstić information content (AvgIpc) is 3.16. The molecule has 20 heavy (non-hydrogen) atoms. The van der Waals surface area contributed by atoms with Crippen molar-refractivity contribution in [2.75, 3.05) is 7.11 Å². The lowest BCUT2D eigenvalue weighted by atomic mass is 9.85. The number of rotatable bonds is 3. The molecule has 1 amide bonds. The molecule has 3 unspecified atom stereocenters. The number of carboxylic acids is 1. The van der Waals surface area contributed by atoms with Crippen molar-refractivity contribution in [3.63, 3.8) is 0 Å². The van der Waals surface area contributed by atoms with Crippen molar-refractivity contribution in [3.05, 3.63) is 0 Å². The lowest BCUT2D eigenvalue weighted by molar-refractivity contribution is -0.141. The van der Waals surface area contributed by atoms with E-state index in [4.69, 9.17) is 0 Å². The molecule has 0 heterocycles. The molecule has 0 aromatic carbocycles. The van der Waals surface area contributed by atoms with Crippen molar-refractivity contribution in [2.45, 2.75) is 44.1 Å². The van der Waals surface area contributed by atoms with E-state index in [1.165, 1.54) is 0 Å². The minimum Gasteiger partial charge on any atom is -0.480 e. The summed E-state index contributed by atoms with van der Waals surface area (Å²) in [5.74, 6) is -4.31. The third kappa shape index (κ3) is 1.41. The van der Waals surface area contributed by atoms with Crippen molar-refractivity contribution < 1.29 is 28.2 Å². The summed E-state index contributed by atoms with van der Waals surface area (Å²) in [6, 6.07) is -1.16. The number of amides is 1. The molecular formula is C13H17F2NO4. The summed E-state index contributed by atoms with van der Waals surface area (Å²) in [5.41, 5.74) is -1.85. The molecule has 7 heteroatoms. The molecule has 0 radical (unpaired) electrons. The minimum atomic E-state index is -2.65. The van der Waals surface area contributed by atoms with Crippen molar-refractivity contribution in [2.24, 2.45) is 16.7 Å². The average molecular weight is 289 g/mol. The molecule has 3 aliphatic rings. The summed E-state index contributed by atoms with van der Waals surface area (Å²) >= 11 is 0. The van der Waals surface area contributed by atoms with Gasteiger partial charge in [0.25, 0.3) is 5.92 Å². The monoisotopic (exact) mass is 289 g/mol. The number of hydrogen-bond acceptors (Lipinski definition) is 3. The van der Waals surface area contributed by atoms with E-state index in [-0.39, 0.29) is 6.42 Å². The lowest BCUT2D eigenvalue weighted by Gasteiger charge is -2.27. The third-order valence-corrected chi connectivity index (χ3v) is 5.52. The van der Waals surface area contributed by atoms with Crippen LogP contribution in [0.25, 0.3) is 0 Å². The standard InChI is InChI=1S/C13H17F2NO4/c1-20-10(19)16-8(9(17)18)7-3-2-4-11-6-12(11,5-7)13(11,14)15/h7-8H,2-6H2,1H3,(H,16,19)(H,17,18)/t7-,8?,11?,12?/m1/s1. The first-order valence-corrected chi connectivity index (χ1v) is 6.76. The molecule has 0 aromatic heterocycles. The highest BCUT2D eigenvalue weighted by atomic mass is 19.3. The Morgan fingerprint density at radius 3 is 2.65 bits per heavy atom. The summed E-state index contributed by atoms with van der Waals surface area (Å²) < 4.78 is 32.0. The Bertz CT molecular complexity index is 483. The second kappa shape index (κ2) is 3.83. The largest absolute Gasteiger partial charge is 0.480 e. The number of hydrogen-bond donors (Lipinski definition) is 2. The van der Waals surface area contributed by atoms with Gasteiger partial charge in [-0.15, -0.1) is 0 Å². The van der Waals surface area contributed by atoms with Gasteiger partial charge in [-0.05, 0) is 31.6 Å². The first kappa shape index (κ1) is 13.6. The van der Waals surface area contributed by atoms with Crippen LogP contribution in [-0.4, -0.2) is 36.2 Å². The summed E-state index contributed by atoms with van der Waals surface area (Å²) in [4.78, 5) is 22.5. The van der Waals surface area contributed by atoms with Crippen molar-refractivity contribution in [1.82, 2.24) is 5.32 Å². The maximum atomic E-state index is 13.8. The van der Waals surface area contributed by atoms with Gasteiger partial charge in [-0.1, -0.05) is 6.42 Å². The SMILES string of the molecule is COC(=O)NC(C(=O)O)[C@@H]1CCCC23CC2(C1)C3(F)F. The van der Waals surface area contributed by atoms with Crippen LogP contribution in [0.15, 0.2) is 0 Å². The van der Waals surface area contributed by atoms with E-state index in [1.807, 2.05) is 0 Å². The van der Waals surface area contributed by atoms with Crippen LogP contribution >= 0.6 is 0 Å². The van der Waals surface area contributed by atoms with E-state index in [0.29, 0.717) is 25.7 Å². The van der Waals surface area contributed by atoms with Crippen LogP contribution in [-0.2, 0) is 9.53 Å². The van der Waals surface area contributed by atoms with Crippen LogP contribution in [0.1, 0.15) is 32.1 Å². The Kier molecular flexibility index (Phi) is 2.60. The number of alkyl halides is 2. The minimum absolute atomic E-state index is 0.168. The molecular weight excluding hydrogens is 272 g/mol. The highest BCUT2D eigenvalue weighted by molar-refractivity contribution is 5.80. The smallest absolute Gasteiger partial charge is 0.407 e. The number of carbonyl (C=O) groups excluding carboxylic acids is 1. The van der Waals surface area contributed by atoms with Gasteiger partial charge in [0.1, 0.15) is 6.04 Å². The van der Waals surface area contributed by atoms with Crippen LogP contribution in [0.3, 0.4) is 0 Å². The Hall–Kier alpha value is -1.40. The Balaban J connectivity index is 1.75. The van der Waals surface area contributed by atoms with Gasteiger partial charge in [-0.2, -0.15) is 0 Å². The topological polar surface area (TPSA) is 75.6 Å². The van der Waals surface area contributed by atoms with Gasteiger partial charge in [0.2, 0.25) is 0 Å². The van der Waals surface area contributed by atoms with Gasteiger partial charge in [-0.3, -0.25) is 0 Å². The van der Waals surface area contributed by atoms with Crippen LogP contribution in [0.5, 0.6) is 0 Å². The van der Waals surface area contributed by atoms with Crippen LogP contribution in [0.2, 0.25) is 0 Å². The molecule has 3 fully saturated rings. The van der Waals surface area contributed by atoms with Crippen LogP contribution in [0.4, 0.5) is 13.6 Å². The van der Waals surface area contributed by atoms with E-state index in [2.05, 4.69) is 10.1 Å². The highest BCUT2D eigenvalue weighted by Crippen LogP contribution is 2.98. The molecule has 0 aromatic rings. The Morgan fingerprint density at radius 2 is 2.10 bits per heavy atom. The summed E-state index contributed by atoms with van der Waals surface area (Å²) in [5, 5.41) is 11.5. The highest BCUT2D eigenvalue weighted by Gasteiger charge is 3.03. The lowest BCUT2D eigenvalue weighted by Crippen LogP contribution is -2.46. The molecule has 2 N–H and O–H groups in total. The molecule has 0 bridgehead atoms. The molecule has 3 aliphatic carbocycles. The summed E-state index contributed by atoms with van der Waals surface area (Å²) in [6.07, 6.45) is 1.40. The van der Waals surface area contributed by atoms with Crippen molar-refractivity contribution in [3.8, 4) is 0 Å². The molecule has 5 nitrogen and oxygen atoms in total. The number of nitrogens with one attached hydrogen (secondary N) is 1. The van der Waals surface area contributed by atoms with E-state index in [1.54, 1.807) is 0 Å². The fourth-order valence-corrected chi connectivity index (χ4v) is 4.28. The number of carboxylic acid groups (broad SMARTS) is 1. The van der Waals surface area contributed by atoms with Crippen LogP contribution < -0.4 is 5.32 Å². The maximum absolute atomic E-state index is 13.8. The molecule has 3 saturated carbocycles. The zero-order valence-corrected chi connectivity index (χ0v) is 11.1. The number of alkyl carbamates (subject to hydrolysis) is 1. The zero-order chi connectivity index (χ0) is 14.8. The van der Waals surface area contributed by atoms with Crippen molar-refractivity contribution in [1.29, 1.82) is 0 Å². The number of ether oxygens (including phenoxy) is 1. The molecule has 0 aliphatic heterocycles. The molecule has 3 rings (SSSR count). The fraction of sp³-hybridized carbons (Fsp3) is 0.846. The van der Waals surface area contributed by atoms with Gasteiger partial charge in [0.15, 0.2) is 0 Å². The van der Waals surface area contributed by atoms with E-state index >= 15 is 0 Å². The quantitative estimate of drug-likeness (QED) is 0.833. The van der Waals surface area contributed by atoms with E-state index in [0.717, 1.165) is 7.11 Å². The second-order valence-corrected chi connectivity index (χ2v) is 6.22. The van der Waals surface area contributed by atoms with Gasteiger partial charge in [0.05, 0.1) is 7.11 Å². The second-order valence-electron chi connectivity index (χ2n) is 6.22. The van der Waals surface area contributed by atoms with Gasteiger partial charge in [-0.25, -0.2) is 18.4 Å². The van der Waals surface area contributed by atoms with Gasteiger partial charge >= 0.3 is 12.1 Å². The maximum Gasteiger partial charge on any atom is 0.407 e. The van der Waals surface area contributed by atoms with Gasteiger partial charge in [0, 0.05) is 10.8 Å². The number of aliphatic carboxylic acids is 1. The van der Waals surface area contributed by atoms with E-state index in [9.17, 15) is 23.5 Å². The first-order valence-electron chi connectivity index (χ1n) is 6.76. The molecule has 0 spiro atoms. The summed E-state index contributed by atoms with van der Waals surface area (Å²) in [6.45, 7) is 0. The van der Waals surface area contributed by atoms with Gasteiger partial charge < -0.3 is 15.2 Å². The predicted molar refractivity (Wildman–Crippen MR) is 63.4 cm³/mol. The number of halogens is 2. The fourth-order valence-electron chi connectivity index (χ4n) is 4.28. The normalized spacial score (nSPS) is 41.5. The third-order valence-electron chi connectivity index (χ3n) is 5.52. The Morgan fingerprint density at radius 1 is 1.40 bits per heavy atom.